The molecule has 0 aromatic rings. The highest BCUT2D eigenvalue weighted by atomic mass is 35.7. The summed E-state index contributed by atoms with van der Waals surface area (Å²) in [5.74, 6) is -0.336. The van der Waals surface area contributed by atoms with Crippen molar-refractivity contribution in [3.05, 3.63) is 0 Å². The van der Waals surface area contributed by atoms with Crippen LogP contribution in [0.3, 0.4) is 0 Å². The van der Waals surface area contributed by atoms with Gasteiger partial charge in [0.1, 0.15) is 0 Å². The molecule has 0 rings (SSSR count). The number of hydrogen-bond acceptors (Lipinski definition) is 3. The Morgan fingerprint density at radius 2 is 2.00 bits per heavy atom. The highest BCUT2D eigenvalue weighted by molar-refractivity contribution is 7.76. The molecular formula is C7H14ClO3P. The minimum Gasteiger partial charge on any atom is -0.403 e. The summed E-state index contributed by atoms with van der Waals surface area (Å²) in [6.45, 7) is 7.54. The third-order valence-corrected chi connectivity index (χ3v) is 2.27. The summed E-state index contributed by atoms with van der Waals surface area (Å²) in [5, 5.41) is 0. The van der Waals surface area contributed by atoms with Crippen LogP contribution in [-0.4, -0.2) is 12.6 Å². The average Bonchev–Trinajstić information content (AvgIpc) is 1.85. The van der Waals surface area contributed by atoms with Gasteiger partial charge in [-0.25, -0.2) is 0 Å². The van der Waals surface area contributed by atoms with E-state index in [1.165, 1.54) is 0 Å². The van der Waals surface area contributed by atoms with Crippen molar-refractivity contribution in [2.75, 3.05) is 6.61 Å². The lowest BCUT2D eigenvalue weighted by molar-refractivity contribution is -0.142. The Balaban J connectivity index is 3.85. The Morgan fingerprint density at radius 3 is 2.33 bits per heavy atom. The van der Waals surface area contributed by atoms with Gasteiger partial charge in [0.15, 0.2) is 0 Å². The van der Waals surface area contributed by atoms with E-state index >= 15 is 0 Å². The Morgan fingerprint density at radius 1 is 1.50 bits per heavy atom. The SMILES string of the molecule is CCOP(Cl)OC(=O)C(C)(C)C. The molecule has 0 saturated heterocycles. The fourth-order valence-electron chi connectivity index (χ4n) is 0.330. The first-order chi connectivity index (χ1) is 5.38. The van der Waals surface area contributed by atoms with Crippen molar-refractivity contribution in [2.45, 2.75) is 27.7 Å². The lowest BCUT2D eigenvalue weighted by Crippen LogP contribution is -2.20. The van der Waals surface area contributed by atoms with Crippen LogP contribution in [0.5, 0.6) is 0 Å². The van der Waals surface area contributed by atoms with Crippen molar-refractivity contribution in [3.8, 4) is 0 Å². The average molecular weight is 213 g/mol. The van der Waals surface area contributed by atoms with Crippen molar-refractivity contribution in [1.82, 2.24) is 0 Å². The second-order valence-corrected chi connectivity index (χ2v) is 4.95. The van der Waals surface area contributed by atoms with Crippen LogP contribution in [0.1, 0.15) is 27.7 Å². The van der Waals surface area contributed by atoms with E-state index in [-0.39, 0.29) is 5.97 Å². The Kier molecular flexibility index (Phi) is 5.07. The summed E-state index contributed by atoms with van der Waals surface area (Å²) >= 11 is 5.58. The molecule has 0 aliphatic heterocycles. The van der Waals surface area contributed by atoms with Gasteiger partial charge in [0, 0.05) is 0 Å². The zero-order valence-electron chi connectivity index (χ0n) is 7.76. The molecule has 0 N–H and O–H groups in total. The molecule has 5 heteroatoms. The van der Waals surface area contributed by atoms with Crippen LogP contribution in [0.15, 0.2) is 0 Å². The van der Waals surface area contributed by atoms with E-state index in [1.807, 2.05) is 0 Å². The second-order valence-electron chi connectivity index (χ2n) is 3.26. The largest absolute Gasteiger partial charge is 0.403 e. The third-order valence-electron chi connectivity index (χ3n) is 0.998. The summed E-state index contributed by atoms with van der Waals surface area (Å²) in [6.07, 6.45) is 0. The van der Waals surface area contributed by atoms with Gasteiger partial charge in [0.25, 0.3) is 0 Å². The molecule has 0 aliphatic carbocycles. The maximum absolute atomic E-state index is 11.2. The lowest BCUT2D eigenvalue weighted by Gasteiger charge is -2.17. The predicted molar refractivity (Wildman–Crippen MR) is 49.9 cm³/mol. The lowest BCUT2D eigenvalue weighted by atomic mass is 9.98. The van der Waals surface area contributed by atoms with Crippen molar-refractivity contribution in [1.29, 1.82) is 0 Å². The van der Waals surface area contributed by atoms with Crippen molar-refractivity contribution < 1.29 is 13.8 Å². The van der Waals surface area contributed by atoms with Gasteiger partial charge in [-0.2, -0.15) is 0 Å². The van der Waals surface area contributed by atoms with E-state index in [0.717, 1.165) is 0 Å². The highest BCUT2D eigenvalue weighted by Gasteiger charge is 2.26. The molecule has 0 bridgehead atoms. The third kappa shape index (κ3) is 4.91. The fraction of sp³-hybridized carbons (Fsp3) is 0.857. The number of rotatable bonds is 3. The van der Waals surface area contributed by atoms with Gasteiger partial charge in [-0.15, -0.1) is 0 Å². The molecule has 0 saturated carbocycles. The zero-order valence-corrected chi connectivity index (χ0v) is 9.41. The topological polar surface area (TPSA) is 35.5 Å². The summed E-state index contributed by atoms with van der Waals surface area (Å²) < 4.78 is 9.72. The quantitative estimate of drug-likeness (QED) is 0.675. The molecule has 0 aromatic heterocycles. The Labute approximate surface area is 79.1 Å². The molecule has 0 aromatic carbocycles. The van der Waals surface area contributed by atoms with Crippen LogP contribution in [0, 0.1) is 5.41 Å². The van der Waals surface area contributed by atoms with Crippen LogP contribution in [0.2, 0.25) is 0 Å². The van der Waals surface area contributed by atoms with Crippen LogP contribution >= 0.6 is 19.0 Å². The van der Waals surface area contributed by atoms with Crippen LogP contribution in [0.4, 0.5) is 0 Å². The van der Waals surface area contributed by atoms with E-state index in [2.05, 4.69) is 0 Å². The minimum atomic E-state index is -1.56. The van der Waals surface area contributed by atoms with Gasteiger partial charge in [0.2, 0.25) is 0 Å². The summed E-state index contributed by atoms with van der Waals surface area (Å²) in [4.78, 5) is 11.2. The Hall–Kier alpha value is 0.150. The first kappa shape index (κ1) is 12.2. The van der Waals surface area contributed by atoms with E-state index in [4.69, 9.17) is 20.3 Å². The van der Waals surface area contributed by atoms with Gasteiger partial charge < -0.3 is 9.05 Å². The second kappa shape index (κ2) is 5.00. The standard InChI is InChI=1S/C7H14ClO3P/c1-5-10-12(8)11-6(9)7(2,3)4/h5H2,1-4H3. The van der Waals surface area contributed by atoms with Crippen LogP contribution in [-0.2, 0) is 13.8 Å². The molecule has 0 fully saturated rings. The predicted octanol–water partition coefficient (Wildman–Crippen LogP) is 3.08. The monoisotopic (exact) mass is 212 g/mol. The van der Waals surface area contributed by atoms with Crippen molar-refractivity contribution >= 4 is 24.9 Å². The van der Waals surface area contributed by atoms with Gasteiger partial charge in [0.05, 0.1) is 12.0 Å². The zero-order chi connectivity index (χ0) is 9.78. The van der Waals surface area contributed by atoms with Gasteiger partial charge in [-0.1, -0.05) is 0 Å². The molecule has 1 atom stereocenters. The maximum Gasteiger partial charge on any atom is 0.340 e. The van der Waals surface area contributed by atoms with E-state index in [0.29, 0.717) is 6.61 Å². The fourth-order valence-corrected chi connectivity index (χ4v) is 1.47. The maximum atomic E-state index is 11.2. The minimum absolute atomic E-state index is 0.336. The summed E-state index contributed by atoms with van der Waals surface area (Å²) in [6, 6.07) is 0. The molecule has 72 valence electrons. The molecule has 1 unspecified atom stereocenters. The Bertz CT molecular complexity index is 155. The van der Waals surface area contributed by atoms with E-state index in [9.17, 15) is 4.79 Å². The van der Waals surface area contributed by atoms with Crippen LogP contribution < -0.4 is 0 Å². The molecule has 0 amide bonds. The van der Waals surface area contributed by atoms with Crippen molar-refractivity contribution in [3.63, 3.8) is 0 Å². The normalized spacial score (nSPS) is 14.1. The van der Waals surface area contributed by atoms with E-state index in [1.54, 1.807) is 27.7 Å². The van der Waals surface area contributed by atoms with Gasteiger partial charge >= 0.3 is 13.7 Å². The summed E-state index contributed by atoms with van der Waals surface area (Å²) in [7, 11) is -1.56. The molecule has 0 radical (unpaired) electrons. The molecule has 0 aliphatic rings. The molecule has 3 nitrogen and oxygen atoms in total. The smallest absolute Gasteiger partial charge is 0.340 e. The number of carbonyl (C=O) groups excluding carboxylic acids is 1. The van der Waals surface area contributed by atoms with Gasteiger partial charge in [-0.05, 0) is 38.9 Å². The summed E-state index contributed by atoms with van der Waals surface area (Å²) in [5.41, 5.74) is -0.521. The van der Waals surface area contributed by atoms with Crippen LogP contribution in [0.25, 0.3) is 0 Å². The number of halogens is 1. The van der Waals surface area contributed by atoms with E-state index < -0.39 is 13.1 Å². The molecule has 12 heavy (non-hydrogen) atoms. The molecule has 0 spiro atoms. The first-order valence-electron chi connectivity index (χ1n) is 3.69. The molecule has 0 heterocycles. The van der Waals surface area contributed by atoms with Crippen molar-refractivity contribution in [2.24, 2.45) is 5.41 Å². The number of carbonyl (C=O) groups is 1. The number of hydrogen-bond donors (Lipinski definition) is 0. The van der Waals surface area contributed by atoms with Gasteiger partial charge in [-0.3, -0.25) is 4.79 Å². The highest BCUT2D eigenvalue weighted by Crippen LogP contribution is 2.45. The first-order valence-corrected chi connectivity index (χ1v) is 5.77. The molecular weight excluding hydrogens is 199 g/mol.